The molecule has 1 fully saturated rings. The van der Waals surface area contributed by atoms with Crippen molar-refractivity contribution in [2.45, 2.75) is 44.3 Å². The van der Waals surface area contributed by atoms with E-state index in [0.717, 1.165) is 25.7 Å². The summed E-state index contributed by atoms with van der Waals surface area (Å²) in [5, 5.41) is 15.8. The number of carbonyl (C=O) groups is 2. The van der Waals surface area contributed by atoms with Crippen LogP contribution >= 0.6 is 0 Å². The average molecular weight is 589 g/mol. The summed E-state index contributed by atoms with van der Waals surface area (Å²) in [6, 6.07) is 12.7. The molecule has 1 aliphatic heterocycles. The first-order chi connectivity index (χ1) is 21.0. The molecule has 224 valence electrons. The highest BCUT2D eigenvalue weighted by Crippen LogP contribution is 2.38. The number of anilines is 1. The number of furan rings is 1. The highest BCUT2D eigenvalue weighted by Gasteiger charge is 2.37. The molecule has 2 aromatic heterocycles. The van der Waals surface area contributed by atoms with Crippen LogP contribution in [-0.4, -0.2) is 65.5 Å². The third kappa shape index (κ3) is 5.96. The van der Waals surface area contributed by atoms with Crippen molar-refractivity contribution in [2.24, 2.45) is 0 Å². The van der Waals surface area contributed by atoms with E-state index >= 15 is 0 Å². The fraction of sp³-hybridized carbons (Fsp3) is 0.367. The van der Waals surface area contributed by atoms with Crippen molar-refractivity contribution in [3.05, 3.63) is 60.6 Å². The Bertz CT molecular complexity index is 1580. The van der Waals surface area contributed by atoms with E-state index in [2.05, 4.69) is 20.7 Å². The Balaban J connectivity index is 1.34. The SMILES string of the molecule is COc1ccc(-c2nnn(CC(=O)N(c3ccc4c(c3)OCCO4)[C@H](C(=O)NC3CCCC3)c3ccco3)n2)cc1OC. The number of benzene rings is 2. The smallest absolute Gasteiger partial charge is 0.251 e. The number of ether oxygens (including phenoxy) is 4. The maximum absolute atomic E-state index is 14.2. The van der Waals surface area contributed by atoms with Crippen LogP contribution in [0.25, 0.3) is 11.4 Å². The maximum Gasteiger partial charge on any atom is 0.251 e. The van der Waals surface area contributed by atoms with Gasteiger partial charge in [0.1, 0.15) is 25.5 Å². The summed E-state index contributed by atoms with van der Waals surface area (Å²) < 4.78 is 27.9. The molecule has 43 heavy (non-hydrogen) atoms. The minimum Gasteiger partial charge on any atom is -0.493 e. The Hall–Kier alpha value is -5.07. The molecule has 2 amide bonds. The second-order valence-electron chi connectivity index (χ2n) is 10.2. The second kappa shape index (κ2) is 12.4. The Kier molecular flexibility index (Phi) is 8.11. The van der Waals surface area contributed by atoms with Crippen LogP contribution in [0.15, 0.2) is 59.2 Å². The van der Waals surface area contributed by atoms with Gasteiger partial charge in [-0.05, 0) is 60.5 Å². The highest BCUT2D eigenvalue weighted by atomic mass is 16.6. The Morgan fingerprint density at radius 2 is 1.81 bits per heavy atom. The number of aromatic nitrogens is 4. The van der Waals surface area contributed by atoms with Gasteiger partial charge < -0.3 is 28.7 Å². The van der Waals surface area contributed by atoms with Crippen molar-refractivity contribution < 1.29 is 33.0 Å². The zero-order valence-electron chi connectivity index (χ0n) is 23.9. The van der Waals surface area contributed by atoms with Gasteiger partial charge in [0, 0.05) is 23.4 Å². The van der Waals surface area contributed by atoms with Crippen LogP contribution in [0, 0.1) is 0 Å². The van der Waals surface area contributed by atoms with Crippen LogP contribution in [0.5, 0.6) is 23.0 Å². The van der Waals surface area contributed by atoms with E-state index in [9.17, 15) is 9.59 Å². The first-order valence-corrected chi connectivity index (χ1v) is 14.1. The number of rotatable bonds is 10. The number of hydrogen-bond donors (Lipinski definition) is 1. The van der Waals surface area contributed by atoms with Crippen LogP contribution in [0.4, 0.5) is 5.69 Å². The van der Waals surface area contributed by atoms with Gasteiger partial charge in [-0.15, -0.1) is 10.2 Å². The third-order valence-electron chi connectivity index (χ3n) is 7.46. The van der Waals surface area contributed by atoms with Crippen molar-refractivity contribution in [1.82, 2.24) is 25.5 Å². The molecule has 0 saturated heterocycles. The van der Waals surface area contributed by atoms with Gasteiger partial charge in [0.05, 0.1) is 20.5 Å². The highest BCUT2D eigenvalue weighted by molar-refractivity contribution is 6.01. The van der Waals surface area contributed by atoms with Crippen LogP contribution in [0.2, 0.25) is 0 Å². The van der Waals surface area contributed by atoms with E-state index in [-0.39, 0.29) is 18.5 Å². The topological polar surface area (TPSA) is 143 Å². The van der Waals surface area contributed by atoms with Crippen LogP contribution < -0.4 is 29.2 Å². The van der Waals surface area contributed by atoms with Crippen molar-refractivity contribution in [3.63, 3.8) is 0 Å². The molecule has 4 aromatic rings. The fourth-order valence-corrected chi connectivity index (χ4v) is 5.39. The molecular formula is C30H32N6O7. The summed E-state index contributed by atoms with van der Waals surface area (Å²) in [5.74, 6) is 1.90. The average Bonchev–Trinajstić information content (AvgIpc) is 3.83. The first kappa shape index (κ1) is 28.1. The number of fused-ring (bicyclic) bond motifs is 1. The predicted octanol–water partition coefficient (Wildman–Crippen LogP) is 3.55. The van der Waals surface area contributed by atoms with E-state index in [1.54, 1.807) is 55.6 Å². The number of nitrogens with one attached hydrogen (secondary N) is 1. The van der Waals surface area contributed by atoms with E-state index < -0.39 is 11.9 Å². The molecule has 0 spiro atoms. The van der Waals surface area contributed by atoms with Gasteiger partial charge in [0.25, 0.3) is 11.8 Å². The number of carbonyl (C=O) groups excluding carboxylic acids is 2. The molecule has 1 saturated carbocycles. The second-order valence-corrected chi connectivity index (χ2v) is 10.2. The summed E-state index contributed by atoms with van der Waals surface area (Å²) >= 11 is 0. The van der Waals surface area contributed by atoms with E-state index in [4.69, 9.17) is 23.4 Å². The molecule has 1 N–H and O–H groups in total. The molecule has 1 aliphatic carbocycles. The van der Waals surface area contributed by atoms with Gasteiger partial charge in [-0.25, -0.2) is 0 Å². The van der Waals surface area contributed by atoms with Gasteiger partial charge in [-0.1, -0.05) is 12.8 Å². The van der Waals surface area contributed by atoms with Gasteiger partial charge in [0.15, 0.2) is 29.0 Å². The summed E-state index contributed by atoms with van der Waals surface area (Å²) in [6.45, 7) is 0.493. The minimum atomic E-state index is -1.10. The number of methoxy groups -OCH3 is 2. The predicted molar refractivity (Wildman–Crippen MR) is 153 cm³/mol. The lowest BCUT2D eigenvalue weighted by atomic mass is 10.1. The molecule has 13 heteroatoms. The monoisotopic (exact) mass is 588 g/mol. The molecule has 0 bridgehead atoms. The quantitative estimate of drug-likeness (QED) is 0.292. The first-order valence-electron chi connectivity index (χ1n) is 14.1. The van der Waals surface area contributed by atoms with Gasteiger partial charge in [-0.2, -0.15) is 4.80 Å². The molecule has 0 radical (unpaired) electrons. The van der Waals surface area contributed by atoms with Crippen LogP contribution in [0.3, 0.4) is 0 Å². The number of hydrogen-bond acceptors (Lipinski definition) is 10. The molecule has 6 rings (SSSR count). The molecule has 3 heterocycles. The molecule has 2 aromatic carbocycles. The van der Waals surface area contributed by atoms with Crippen LogP contribution in [0.1, 0.15) is 37.5 Å². The molecule has 0 unspecified atom stereocenters. The lowest BCUT2D eigenvalue weighted by Gasteiger charge is -2.31. The van der Waals surface area contributed by atoms with E-state index in [1.807, 2.05) is 0 Å². The minimum absolute atomic E-state index is 0.0307. The normalized spacial score (nSPS) is 15.1. The fourth-order valence-electron chi connectivity index (χ4n) is 5.39. The summed E-state index contributed by atoms with van der Waals surface area (Å²) in [5.41, 5.74) is 1.06. The zero-order chi connectivity index (χ0) is 29.8. The summed E-state index contributed by atoms with van der Waals surface area (Å²) in [7, 11) is 3.09. The largest absolute Gasteiger partial charge is 0.493 e. The Morgan fingerprint density at radius 1 is 1.02 bits per heavy atom. The van der Waals surface area contributed by atoms with Gasteiger partial charge in [0.2, 0.25) is 5.82 Å². The van der Waals surface area contributed by atoms with Crippen molar-refractivity contribution in [1.29, 1.82) is 0 Å². The zero-order valence-corrected chi connectivity index (χ0v) is 23.9. The maximum atomic E-state index is 14.2. The van der Waals surface area contributed by atoms with Crippen molar-refractivity contribution in [3.8, 4) is 34.4 Å². The number of amides is 2. The molecule has 2 aliphatic rings. The van der Waals surface area contributed by atoms with Crippen molar-refractivity contribution >= 4 is 17.5 Å². The summed E-state index contributed by atoms with van der Waals surface area (Å²) in [6.07, 6.45) is 5.34. The molecule has 1 atom stereocenters. The molecular weight excluding hydrogens is 556 g/mol. The van der Waals surface area contributed by atoms with E-state index in [0.29, 0.717) is 59.0 Å². The molecule has 13 nitrogen and oxygen atoms in total. The number of nitrogens with zero attached hydrogens (tertiary/aromatic N) is 5. The Labute approximate surface area is 247 Å². The van der Waals surface area contributed by atoms with E-state index in [1.165, 1.54) is 23.1 Å². The van der Waals surface area contributed by atoms with Gasteiger partial charge >= 0.3 is 0 Å². The van der Waals surface area contributed by atoms with Gasteiger partial charge in [-0.3, -0.25) is 14.5 Å². The Morgan fingerprint density at radius 3 is 2.56 bits per heavy atom. The standard InChI is InChI=1S/C30H32N6O7/c1-39-22-11-9-19(16-25(22)40-2)29-32-34-35(33-29)18-27(37)36(21-10-12-23-26(17-21)43-15-14-42-23)28(24-8-5-13-41-24)30(38)31-20-6-3-4-7-20/h5,8-13,16-17,20,28H,3-4,6-7,14-15,18H2,1-2H3,(H,31,38)/t28-/m0/s1. The summed E-state index contributed by atoms with van der Waals surface area (Å²) in [4.78, 5) is 30.6. The lowest BCUT2D eigenvalue weighted by Crippen LogP contribution is -2.47. The van der Waals surface area contributed by atoms with Crippen molar-refractivity contribution in [2.75, 3.05) is 32.3 Å². The third-order valence-corrected chi connectivity index (χ3v) is 7.46. The lowest BCUT2D eigenvalue weighted by molar-refractivity contribution is -0.128. The van der Waals surface area contributed by atoms with Crippen LogP contribution in [-0.2, 0) is 16.1 Å². The number of tetrazole rings is 1.